The molecular weight excluding hydrogens is 313 g/mol. The molecule has 2 aromatic rings. The van der Waals surface area contributed by atoms with Crippen molar-refractivity contribution in [3.05, 3.63) is 45.9 Å². The van der Waals surface area contributed by atoms with Crippen LogP contribution in [0.3, 0.4) is 0 Å². The molecule has 7 heteroatoms. The van der Waals surface area contributed by atoms with E-state index in [-0.39, 0.29) is 0 Å². The van der Waals surface area contributed by atoms with E-state index in [1.807, 2.05) is 0 Å². The summed E-state index contributed by atoms with van der Waals surface area (Å²) in [6.45, 7) is 0. The lowest BCUT2D eigenvalue weighted by Crippen LogP contribution is -1.95. The van der Waals surface area contributed by atoms with Gasteiger partial charge in [0.2, 0.25) is 0 Å². The summed E-state index contributed by atoms with van der Waals surface area (Å²) in [5.74, 6) is -1.34. The third kappa shape index (κ3) is 3.29. The van der Waals surface area contributed by atoms with E-state index in [2.05, 4.69) is 10.3 Å². The number of rotatable bonds is 3. The van der Waals surface area contributed by atoms with Crippen molar-refractivity contribution in [2.45, 2.75) is 9.92 Å². The van der Waals surface area contributed by atoms with Crippen LogP contribution in [0.15, 0.2) is 34.2 Å². The average Bonchev–Trinajstić information content (AvgIpc) is 2.37. The van der Waals surface area contributed by atoms with E-state index >= 15 is 0 Å². The van der Waals surface area contributed by atoms with Crippen LogP contribution in [0.2, 0.25) is 10.0 Å². The Morgan fingerprint density at radius 3 is 2.47 bits per heavy atom. The van der Waals surface area contributed by atoms with Crippen LogP contribution in [0.4, 0.5) is 14.6 Å². The molecule has 1 aromatic carbocycles. The highest BCUT2D eigenvalue weighted by Gasteiger charge is 2.11. The standard InChI is InChI=1S/C12H8Cl2F2N2S/c1-17-11-7(13)5-8(14)12(18-11)19-6-2-3-9(15)10(16)4-6/h2-5H,1H3,(H,17,18). The molecular formula is C12H8Cl2F2N2S. The summed E-state index contributed by atoms with van der Waals surface area (Å²) in [4.78, 5) is 4.71. The molecule has 2 nitrogen and oxygen atoms in total. The van der Waals surface area contributed by atoms with Crippen molar-refractivity contribution in [3.8, 4) is 0 Å². The average molecular weight is 321 g/mol. The molecule has 100 valence electrons. The highest BCUT2D eigenvalue weighted by atomic mass is 35.5. The molecule has 19 heavy (non-hydrogen) atoms. The fraction of sp³-hybridized carbons (Fsp3) is 0.0833. The molecule has 0 aliphatic carbocycles. The maximum Gasteiger partial charge on any atom is 0.159 e. The van der Waals surface area contributed by atoms with Crippen LogP contribution in [0.25, 0.3) is 0 Å². The summed E-state index contributed by atoms with van der Waals surface area (Å²) < 4.78 is 26.0. The van der Waals surface area contributed by atoms with Gasteiger partial charge in [-0.25, -0.2) is 13.8 Å². The molecule has 0 aliphatic heterocycles. The summed E-state index contributed by atoms with van der Waals surface area (Å²) in [5.41, 5.74) is 0. The molecule has 0 saturated carbocycles. The van der Waals surface area contributed by atoms with E-state index in [0.717, 1.165) is 23.9 Å². The van der Waals surface area contributed by atoms with Gasteiger partial charge in [0.05, 0.1) is 10.0 Å². The van der Waals surface area contributed by atoms with Crippen molar-refractivity contribution >= 4 is 40.8 Å². The second-order valence-corrected chi connectivity index (χ2v) is 5.41. The molecule has 0 amide bonds. The Morgan fingerprint density at radius 1 is 1.11 bits per heavy atom. The Balaban J connectivity index is 2.34. The summed E-state index contributed by atoms with van der Waals surface area (Å²) in [7, 11) is 1.67. The topological polar surface area (TPSA) is 24.9 Å². The maximum atomic E-state index is 13.1. The number of aromatic nitrogens is 1. The van der Waals surface area contributed by atoms with Gasteiger partial charge in [0.15, 0.2) is 11.6 Å². The lowest BCUT2D eigenvalue weighted by Gasteiger charge is -2.08. The van der Waals surface area contributed by atoms with Crippen LogP contribution in [-0.2, 0) is 0 Å². The van der Waals surface area contributed by atoms with Gasteiger partial charge in [-0.05, 0) is 24.3 Å². The van der Waals surface area contributed by atoms with Gasteiger partial charge in [0, 0.05) is 11.9 Å². The lowest BCUT2D eigenvalue weighted by atomic mass is 10.3. The van der Waals surface area contributed by atoms with Gasteiger partial charge in [-0.3, -0.25) is 0 Å². The molecule has 0 bridgehead atoms. The number of hydrogen-bond acceptors (Lipinski definition) is 3. The maximum absolute atomic E-state index is 13.1. The minimum atomic E-state index is -0.913. The van der Waals surface area contributed by atoms with Crippen molar-refractivity contribution < 1.29 is 8.78 Å². The number of anilines is 1. The summed E-state index contributed by atoms with van der Waals surface area (Å²) in [6.07, 6.45) is 0. The fourth-order valence-corrected chi connectivity index (χ4v) is 2.73. The molecule has 1 heterocycles. The van der Waals surface area contributed by atoms with Gasteiger partial charge in [0.1, 0.15) is 10.8 Å². The van der Waals surface area contributed by atoms with Gasteiger partial charge in [-0.1, -0.05) is 35.0 Å². The lowest BCUT2D eigenvalue weighted by molar-refractivity contribution is 0.506. The number of nitrogens with one attached hydrogen (secondary N) is 1. The molecule has 0 fully saturated rings. The highest BCUT2D eigenvalue weighted by Crippen LogP contribution is 2.36. The second kappa shape index (κ2) is 5.94. The molecule has 0 aliphatic rings. The summed E-state index contributed by atoms with van der Waals surface area (Å²) in [6, 6.07) is 5.14. The molecule has 0 radical (unpaired) electrons. The van der Waals surface area contributed by atoms with Gasteiger partial charge in [0.25, 0.3) is 0 Å². The molecule has 1 aromatic heterocycles. The Morgan fingerprint density at radius 2 is 1.84 bits per heavy atom. The van der Waals surface area contributed by atoms with Gasteiger partial charge < -0.3 is 5.32 Å². The normalized spacial score (nSPS) is 10.6. The van der Waals surface area contributed by atoms with Crippen LogP contribution in [0, 0.1) is 11.6 Å². The monoisotopic (exact) mass is 320 g/mol. The molecule has 1 N–H and O–H groups in total. The van der Waals surface area contributed by atoms with Gasteiger partial charge in [-0.15, -0.1) is 0 Å². The molecule has 0 unspecified atom stereocenters. The van der Waals surface area contributed by atoms with Crippen LogP contribution in [0.5, 0.6) is 0 Å². The minimum Gasteiger partial charge on any atom is -0.372 e. The quantitative estimate of drug-likeness (QED) is 0.874. The number of benzene rings is 1. The molecule has 0 saturated heterocycles. The van der Waals surface area contributed by atoms with E-state index in [0.29, 0.717) is 25.8 Å². The zero-order chi connectivity index (χ0) is 14.0. The van der Waals surface area contributed by atoms with E-state index in [9.17, 15) is 8.78 Å². The first-order chi connectivity index (χ1) is 9.01. The largest absolute Gasteiger partial charge is 0.372 e. The van der Waals surface area contributed by atoms with E-state index in [1.54, 1.807) is 13.1 Å². The second-order valence-electron chi connectivity index (χ2n) is 3.53. The van der Waals surface area contributed by atoms with E-state index < -0.39 is 11.6 Å². The Kier molecular flexibility index (Phi) is 4.50. The Bertz CT molecular complexity index is 623. The number of hydrogen-bond donors (Lipinski definition) is 1. The van der Waals surface area contributed by atoms with Crippen LogP contribution in [-0.4, -0.2) is 12.0 Å². The molecule has 0 atom stereocenters. The molecule has 0 spiro atoms. The third-order valence-electron chi connectivity index (χ3n) is 2.24. The Labute approximate surface area is 123 Å². The predicted octanol–water partition coefficient (Wildman–Crippen LogP) is 4.86. The van der Waals surface area contributed by atoms with Crippen molar-refractivity contribution in [2.24, 2.45) is 0 Å². The smallest absolute Gasteiger partial charge is 0.159 e. The van der Waals surface area contributed by atoms with Crippen molar-refractivity contribution in [3.63, 3.8) is 0 Å². The first-order valence-electron chi connectivity index (χ1n) is 5.18. The number of pyridine rings is 1. The van der Waals surface area contributed by atoms with E-state index in [1.165, 1.54) is 6.07 Å². The summed E-state index contributed by atoms with van der Waals surface area (Å²) in [5, 5.41) is 4.02. The highest BCUT2D eigenvalue weighted by molar-refractivity contribution is 7.99. The van der Waals surface area contributed by atoms with Gasteiger partial charge >= 0.3 is 0 Å². The van der Waals surface area contributed by atoms with Crippen molar-refractivity contribution in [1.82, 2.24) is 4.98 Å². The van der Waals surface area contributed by atoms with Crippen LogP contribution in [0.1, 0.15) is 0 Å². The van der Waals surface area contributed by atoms with Crippen LogP contribution < -0.4 is 5.32 Å². The Hall–Kier alpha value is -1.04. The molecule has 2 rings (SSSR count). The van der Waals surface area contributed by atoms with Crippen molar-refractivity contribution in [2.75, 3.05) is 12.4 Å². The number of halogens is 4. The van der Waals surface area contributed by atoms with Gasteiger partial charge in [-0.2, -0.15) is 0 Å². The summed E-state index contributed by atoms with van der Waals surface area (Å²) >= 11 is 13.1. The fourth-order valence-electron chi connectivity index (χ4n) is 1.35. The predicted molar refractivity (Wildman–Crippen MR) is 74.3 cm³/mol. The SMILES string of the molecule is CNc1nc(Sc2ccc(F)c(F)c2)c(Cl)cc1Cl. The van der Waals surface area contributed by atoms with Crippen molar-refractivity contribution in [1.29, 1.82) is 0 Å². The van der Waals surface area contributed by atoms with E-state index in [4.69, 9.17) is 23.2 Å². The first-order valence-corrected chi connectivity index (χ1v) is 6.75. The number of nitrogens with zero attached hydrogens (tertiary/aromatic N) is 1. The minimum absolute atomic E-state index is 0.346. The third-order valence-corrected chi connectivity index (χ3v) is 3.92. The van der Waals surface area contributed by atoms with Crippen LogP contribution >= 0.6 is 35.0 Å². The zero-order valence-corrected chi connectivity index (χ0v) is 12.0. The first kappa shape index (κ1) is 14.4. The zero-order valence-electron chi connectivity index (χ0n) is 9.68.